The van der Waals surface area contributed by atoms with Crippen molar-refractivity contribution in [2.24, 2.45) is 11.7 Å². The van der Waals surface area contributed by atoms with E-state index >= 15 is 0 Å². The highest BCUT2D eigenvalue weighted by Gasteiger charge is 2.29. The van der Waals surface area contributed by atoms with E-state index in [4.69, 9.17) is 19.0 Å². The van der Waals surface area contributed by atoms with E-state index in [1.54, 1.807) is 0 Å². The molecule has 0 aromatic rings. The van der Waals surface area contributed by atoms with Gasteiger partial charge in [0, 0.05) is 0 Å². The van der Waals surface area contributed by atoms with Crippen molar-refractivity contribution in [1.82, 2.24) is 0 Å². The molecule has 0 saturated carbocycles. The van der Waals surface area contributed by atoms with Crippen LogP contribution in [0, 0.1) is 5.92 Å². The Kier molecular flexibility index (Phi) is 7.85. The van der Waals surface area contributed by atoms with Crippen LogP contribution in [0.2, 0.25) is 39.3 Å². The molecule has 0 aliphatic rings. The standard InChI is InChI=1S/C12H31NO4Si3/c1-9(2)10(13)11(14)15-18-12(16-19(3,4)5)17-20(6,7)8/h9-10,12H,13,18H2,1-8H3/t10-/m0/s1. The van der Waals surface area contributed by atoms with Crippen LogP contribution in [-0.2, 0) is 18.1 Å². The van der Waals surface area contributed by atoms with Crippen LogP contribution in [0.4, 0.5) is 0 Å². The van der Waals surface area contributed by atoms with Crippen LogP contribution in [0.5, 0.6) is 0 Å². The van der Waals surface area contributed by atoms with Crippen molar-refractivity contribution in [3.8, 4) is 0 Å². The topological polar surface area (TPSA) is 70.8 Å². The Morgan fingerprint density at radius 1 is 1.00 bits per heavy atom. The Bertz CT molecular complexity index is 297. The summed E-state index contributed by atoms with van der Waals surface area (Å²) in [5.74, 6) is -0.613. The Labute approximate surface area is 127 Å². The van der Waals surface area contributed by atoms with Gasteiger partial charge in [0.05, 0.1) is 0 Å². The van der Waals surface area contributed by atoms with Crippen LogP contribution >= 0.6 is 0 Å². The molecule has 8 heteroatoms. The van der Waals surface area contributed by atoms with Crippen molar-refractivity contribution in [2.75, 3.05) is 0 Å². The number of hydrogen-bond donors (Lipinski definition) is 1. The predicted molar refractivity (Wildman–Crippen MR) is 90.1 cm³/mol. The molecule has 0 heterocycles. The van der Waals surface area contributed by atoms with Crippen molar-refractivity contribution < 1.29 is 18.1 Å². The summed E-state index contributed by atoms with van der Waals surface area (Å²) in [5.41, 5.74) is 5.78. The summed E-state index contributed by atoms with van der Waals surface area (Å²) in [6, 6.07) is -0.568. The zero-order valence-corrected chi connectivity index (χ0v) is 17.6. The van der Waals surface area contributed by atoms with Gasteiger partial charge in [0.2, 0.25) is 0 Å². The van der Waals surface area contributed by atoms with Crippen molar-refractivity contribution in [2.45, 2.75) is 65.1 Å². The maximum absolute atomic E-state index is 11.8. The minimum atomic E-state index is -1.73. The summed E-state index contributed by atoms with van der Waals surface area (Å²) in [6.45, 7) is 16.4. The lowest BCUT2D eigenvalue weighted by Crippen LogP contribution is -2.46. The average molecular weight is 338 g/mol. The number of carbonyl (C=O) groups is 1. The SMILES string of the molecule is CC(C)[C@H](N)C(=O)O[SiH2]C(O[Si](C)(C)C)O[Si](C)(C)C. The summed E-state index contributed by atoms with van der Waals surface area (Å²) in [4.78, 5) is 11.8. The molecule has 0 saturated heterocycles. The molecule has 120 valence electrons. The minimum absolute atomic E-state index is 0.0748. The van der Waals surface area contributed by atoms with Gasteiger partial charge in [0.15, 0.2) is 22.5 Å². The number of carbonyl (C=O) groups excluding carboxylic acids is 1. The van der Waals surface area contributed by atoms with E-state index in [9.17, 15) is 4.79 Å². The van der Waals surface area contributed by atoms with E-state index in [0.29, 0.717) is 0 Å². The largest absolute Gasteiger partial charge is 0.518 e. The third kappa shape index (κ3) is 9.83. The molecule has 2 N–H and O–H groups in total. The Morgan fingerprint density at radius 3 is 1.70 bits per heavy atom. The molecule has 0 spiro atoms. The van der Waals surface area contributed by atoms with Crippen LogP contribution < -0.4 is 5.73 Å². The van der Waals surface area contributed by atoms with Crippen molar-refractivity contribution in [3.63, 3.8) is 0 Å². The Morgan fingerprint density at radius 2 is 1.40 bits per heavy atom. The van der Waals surface area contributed by atoms with Crippen LogP contribution in [0.15, 0.2) is 0 Å². The lowest BCUT2D eigenvalue weighted by molar-refractivity contribution is -0.137. The third-order valence-corrected chi connectivity index (χ3v) is 5.99. The molecule has 0 aromatic heterocycles. The van der Waals surface area contributed by atoms with Gasteiger partial charge in [-0.15, -0.1) is 0 Å². The molecular formula is C12H31NO4Si3. The van der Waals surface area contributed by atoms with E-state index in [0.717, 1.165) is 0 Å². The van der Waals surface area contributed by atoms with Gasteiger partial charge in [-0.3, -0.25) is 4.79 Å². The first-order valence-corrected chi connectivity index (χ1v) is 15.3. The zero-order chi connectivity index (χ0) is 16.1. The molecule has 0 rings (SSSR count). The average Bonchev–Trinajstić information content (AvgIpc) is 2.19. The molecule has 0 fully saturated rings. The van der Waals surface area contributed by atoms with Crippen molar-refractivity contribution in [1.29, 1.82) is 0 Å². The molecule has 0 amide bonds. The molecule has 0 unspecified atom stereocenters. The second kappa shape index (κ2) is 7.85. The molecule has 0 radical (unpaired) electrons. The lowest BCUT2D eigenvalue weighted by atomic mass is 10.1. The summed E-state index contributed by atoms with van der Waals surface area (Å²) in [6.07, 6.45) is 0. The molecular weight excluding hydrogens is 306 g/mol. The van der Waals surface area contributed by atoms with E-state index in [2.05, 4.69) is 39.3 Å². The smallest absolute Gasteiger partial charge is 0.309 e. The summed E-state index contributed by atoms with van der Waals surface area (Å²) >= 11 is 0. The van der Waals surface area contributed by atoms with Crippen LogP contribution in [0.3, 0.4) is 0 Å². The van der Waals surface area contributed by atoms with E-state index in [1.165, 1.54) is 0 Å². The lowest BCUT2D eigenvalue weighted by Gasteiger charge is -2.31. The maximum atomic E-state index is 11.8. The number of rotatable bonds is 8. The summed E-state index contributed by atoms with van der Waals surface area (Å²) in [7, 11) is -4.72. The maximum Gasteiger partial charge on any atom is 0.309 e. The van der Waals surface area contributed by atoms with Crippen LogP contribution in [0.25, 0.3) is 0 Å². The van der Waals surface area contributed by atoms with E-state index in [-0.39, 0.29) is 17.8 Å². The van der Waals surface area contributed by atoms with Crippen LogP contribution in [-0.4, -0.2) is 44.3 Å². The molecule has 5 nitrogen and oxygen atoms in total. The third-order valence-electron chi connectivity index (χ3n) is 2.32. The van der Waals surface area contributed by atoms with Crippen LogP contribution in [0.1, 0.15) is 13.8 Å². The monoisotopic (exact) mass is 337 g/mol. The Hall–Kier alpha value is 0.000649. The second-order valence-corrected chi connectivity index (χ2v) is 17.5. The van der Waals surface area contributed by atoms with Gasteiger partial charge in [0.25, 0.3) is 9.76 Å². The van der Waals surface area contributed by atoms with Gasteiger partial charge in [-0.1, -0.05) is 13.8 Å². The van der Waals surface area contributed by atoms with Crippen molar-refractivity contribution in [3.05, 3.63) is 0 Å². The highest BCUT2D eigenvalue weighted by atomic mass is 28.4. The van der Waals surface area contributed by atoms with Gasteiger partial charge in [-0.05, 0) is 45.2 Å². The fourth-order valence-electron chi connectivity index (χ4n) is 1.40. The van der Waals surface area contributed by atoms with E-state index < -0.39 is 32.4 Å². The zero-order valence-electron chi connectivity index (χ0n) is 14.1. The first kappa shape index (κ1) is 20.0. The predicted octanol–water partition coefficient (Wildman–Crippen LogP) is 1.58. The van der Waals surface area contributed by atoms with Gasteiger partial charge in [-0.25, -0.2) is 0 Å². The highest BCUT2D eigenvalue weighted by Crippen LogP contribution is 2.14. The van der Waals surface area contributed by atoms with Crippen molar-refractivity contribution >= 4 is 32.4 Å². The molecule has 0 aliphatic carbocycles. The number of hydrogen-bond acceptors (Lipinski definition) is 5. The van der Waals surface area contributed by atoms with E-state index in [1.807, 2.05) is 13.8 Å². The highest BCUT2D eigenvalue weighted by molar-refractivity contribution is 6.71. The number of nitrogens with two attached hydrogens (primary N) is 1. The fourth-order valence-corrected chi connectivity index (χ4v) is 7.21. The second-order valence-electron chi connectivity index (χ2n) is 7.29. The van der Waals surface area contributed by atoms with Gasteiger partial charge in [-0.2, -0.15) is 0 Å². The normalized spacial score (nSPS) is 15.3. The molecule has 0 aliphatic heterocycles. The molecule has 0 aromatic carbocycles. The molecule has 0 bridgehead atoms. The minimum Gasteiger partial charge on any atom is -0.518 e. The quantitative estimate of drug-likeness (QED) is 0.538. The fraction of sp³-hybridized carbons (Fsp3) is 0.917. The summed E-state index contributed by atoms with van der Waals surface area (Å²) in [5, 5.41) is 0. The Balaban J connectivity index is 4.54. The van der Waals surface area contributed by atoms with Gasteiger partial charge in [0.1, 0.15) is 6.04 Å². The van der Waals surface area contributed by atoms with Gasteiger partial charge < -0.3 is 19.0 Å². The first-order valence-electron chi connectivity index (χ1n) is 7.09. The molecule has 20 heavy (non-hydrogen) atoms. The first-order chi connectivity index (χ1) is 8.82. The van der Waals surface area contributed by atoms with Gasteiger partial charge >= 0.3 is 5.97 Å². The summed E-state index contributed by atoms with van der Waals surface area (Å²) < 4.78 is 17.4. The molecule has 1 atom stereocenters.